The molecule has 0 fully saturated rings. The Labute approximate surface area is 83.0 Å². The molecule has 0 saturated heterocycles. The van der Waals surface area contributed by atoms with E-state index in [0.717, 1.165) is 6.42 Å². The number of hydrogen-bond acceptors (Lipinski definition) is 5. The summed E-state index contributed by atoms with van der Waals surface area (Å²) in [7, 11) is -3.97. The predicted molar refractivity (Wildman–Crippen MR) is 52.4 cm³/mol. The summed E-state index contributed by atoms with van der Waals surface area (Å²) in [5, 5.41) is 0. The zero-order valence-corrected chi connectivity index (χ0v) is 9.05. The van der Waals surface area contributed by atoms with Crippen molar-refractivity contribution >= 4 is 39.6 Å². The molecule has 0 aliphatic carbocycles. The summed E-state index contributed by atoms with van der Waals surface area (Å²) < 4.78 is 29.6. The highest BCUT2D eigenvalue weighted by molar-refractivity contribution is 8.11. The third-order valence-corrected chi connectivity index (χ3v) is 2.13. The highest BCUT2D eigenvalue weighted by Gasteiger charge is 2.12. The van der Waals surface area contributed by atoms with Gasteiger partial charge < -0.3 is 4.18 Å². The first-order valence-electron chi connectivity index (χ1n) is 3.29. The van der Waals surface area contributed by atoms with Gasteiger partial charge in [-0.3, -0.25) is 0 Å². The quantitative estimate of drug-likeness (QED) is 0.438. The maximum Gasteiger partial charge on any atom is 0.450 e. The summed E-state index contributed by atoms with van der Waals surface area (Å²) in [4.78, 5) is 0. The molecule has 0 N–H and O–H groups in total. The van der Waals surface area contributed by atoms with Crippen LogP contribution in [-0.4, -0.2) is 19.4 Å². The molecule has 0 amide bonds. The van der Waals surface area contributed by atoms with Crippen molar-refractivity contribution in [1.29, 1.82) is 0 Å². The lowest BCUT2D eigenvalue weighted by molar-refractivity contribution is 0.269. The Morgan fingerprint density at radius 1 is 1.58 bits per heavy atom. The van der Waals surface area contributed by atoms with Crippen LogP contribution >= 0.6 is 24.8 Å². The molecule has 72 valence electrons. The van der Waals surface area contributed by atoms with Gasteiger partial charge in [0.15, 0.2) is 0 Å². The van der Waals surface area contributed by atoms with Crippen LogP contribution < -0.4 is 0 Å². The minimum atomic E-state index is -3.97. The Hall–Kier alpha value is 0.150. The van der Waals surface area contributed by atoms with Crippen molar-refractivity contribution in [1.82, 2.24) is 0 Å². The Balaban J connectivity index is 3.81. The van der Waals surface area contributed by atoms with Gasteiger partial charge in [0.1, 0.15) is 0 Å². The van der Waals surface area contributed by atoms with Crippen molar-refractivity contribution in [3.05, 3.63) is 0 Å². The summed E-state index contributed by atoms with van der Waals surface area (Å²) in [5.74, 6) is 0. The SMILES string of the molecule is CCCCOS(=O)(=O)OC(=S)S. The highest BCUT2D eigenvalue weighted by atomic mass is 32.3. The molecule has 4 nitrogen and oxygen atoms in total. The molecule has 0 aromatic rings. The fourth-order valence-electron chi connectivity index (χ4n) is 0.417. The predicted octanol–water partition coefficient (Wildman–Crippen LogP) is 1.28. The average Bonchev–Trinajstić information content (AvgIpc) is 1.84. The molecular formula is C5H10O4S3. The Kier molecular flexibility index (Phi) is 5.81. The van der Waals surface area contributed by atoms with Crippen molar-refractivity contribution in [2.24, 2.45) is 0 Å². The lowest BCUT2D eigenvalue weighted by Crippen LogP contribution is -2.12. The van der Waals surface area contributed by atoms with Gasteiger partial charge in [-0.15, -0.1) is 0 Å². The molecule has 0 atom stereocenters. The van der Waals surface area contributed by atoms with Crippen LogP contribution in [0.4, 0.5) is 0 Å². The molecule has 0 bridgehead atoms. The number of thiol groups is 1. The van der Waals surface area contributed by atoms with Crippen LogP contribution in [0.1, 0.15) is 19.8 Å². The van der Waals surface area contributed by atoms with Crippen LogP contribution in [0.25, 0.3) is 0 Å². The van der Waals surface area contributed by atoms with Gasteiger partial charge in [0, 0.05) is 0 Å². The Morgan fingerprint density at radius 2 is 2.17 bits per heavy atom. The summed E-state index contributed by atoms with van der Waals surface area (Å²) in [6.45, 7) is 2.02. The minimum absolute atomic E-state index is 0.106. The third-order valence-electron chi connectivity index (χ3n) is 0.899. The molecule has 7 heteroatoms. The van der Waals surface area contributed by atoms with E-state index in [1.54, 1.807) is 0 Å². The van der Waals surface area contributed by atoms with Gasteiger partial charge in [-0.25, -0.2) is 4.18 Å². The minimum Gasteiger partial charge on any atom is -0.343 e. The van der Waals surface area contributed by atoms with Crippen LogP contribution in [0, 0.1) is 0 Å². The van der Waals surface area contributed by atoms with Gasteiger partial charge in [0.2, 0.25) is 4.38 Å². The smallest absolute Gasteiger partial charge is 0.343 e. The number of thiocarbonyl (C=S) groups is 1. The maximum atomic E-state index is 10.7. The topological polar surface area (TPSA) is 52.6 Å². The first-order chi connectivity index (χ1) is 5.48. The second kappa shape index (κ2) is 5.74. The van der Waals surface area contributed by atoms with Gasteiger partial charge in [-0.05, 0) is 18.6 Å². The molecule has 0 rings (SSSR count). The van der Waals surface area contributed by atoms with Crippen molar-refractivity contribution in [2.45, 2.75) is 19.8 Å². The second-order valence-electron chi connectivity index (χ2n) is 1.93. The molecule has 0 aromatic carbocycles. The molecule has 0 heterocycles. The van der Waals surface area contributed by atoms with Crippen LogP contribution in [0.2, 0.25) is 0 Å². The Morgan fingerprint density at radius 3 is 2.58 bits per heavy atom. The van der Waals surface area contributed by atoms with E-state index in [0.29, 0.717) is 6.42 Å². The van der Waals surface area contributed by atoms with Gasteiger partial charge in [-0.2, -0.15) is 8.42 Å². The fourth-order valence-corrected chi connectivity index (χ4v) is 1.49. The largest absolute Gasteiger partial charge is 0.450 e. The van der Waals surface area contributed by atoms with Crippen molar-refractivity contribution in [2.75, 3.05) is 6.61 Å². The lowest BCUT2D eigenvalue weighted by Gasteiger charge is -2.03. The van der Waals surface area contributed by atoms with E-state index in [-0.39, 0.29) is 11.0 Å². The van der Waals surface area contributed by atoms with E-state index in [2.05, 4.69) is 33.2 Å². The first kappa shape index (κ1) is 12.2. The zero-order chi connectivity index (χ0) is 9.61. The molecule has 12 heavy (non-hydrogen) atoms. The average molecular weight is 230 g/mol. The van der Waals surface area contributed by atoms with Gasteiger partial charge >= 0.3 is 10.4 Å². The fraction of sp³-hybridized carbons (Fsp3) is 0.800. The number of unbranched alkanes of at least 4 members (excludes halogenated alkanes) is 1. The van der Waals surface area contributed by atoms with Crippen LogP contribution in [-0.2, 0) is 18.8 Å². The van der Waals surface area contributed by atoms with Gasteiger partial charge in [0.25, 0.3) is 0 Å². The normalized spacial score (nSPS) is 11.2. The Bertz CT molecular complexity index is 233. The molecule has 0 spiro atoms. The van der Waals surface area contributed by atoms with E-state index in [4.69, 9.17) is 0 Å². The van der Waals surface area contributed by atoms with E-state index in [9.17, 15) is 8.42 Å². The number of rotatable bonds is 5. The molecule has 0 saturated carbocycles. The summed E-state index contributed by atoms with van der Waals surface area (Å²) >= 11 is 7.79. The maximum absolute atomic E-state index is 10.7. The summed E-state index contributed by atoms with van der Waals surface area (Å²) in [5.41, 5.74) is 0. The number of hydrogen-bond donors (Lipinski definition) is 1. The van der Waals surface area contributed by atoms with Gasteiger partial charge in [-0.1, -0.05) is 26.0 Å². The van der Waals surface area contributed by atoms with Crippen LogP contribution in [0.5, 0.6) is 0 Å². The van der Waals surface area contributed by atoms with Gasteiger partial charge in [0.05, 0.1) is 6.61 Å². The highest BCUT2D eigenvalue weighted by Crippen LogP contribution is 2.01. The molecule has 0 aromatic heterocycles. The zero-order valence-electron chi connectivity index (χ0n) is 6.52. The molecule has 0 aliphatic rings. The standard InChI is InChI=1S/C5H10O4S3/c1-2-3-4-8-12(6,7)9-5(10)11/h2-4H2,1H3,(H,10,11). The van der Waals surface area contributed by atoms with E-state index >= 15 is 0 Å². The summed E-state index contributed by atoms with van der Waals surface area (Å²) in [6, 6.07) is 0. The first-order valence-corrected chi connectivity index (χ1v) is 5.48. The lowest BCUT2D eigenvalue weighted by atomic mass is 10.4. The molecule has 0 aliphatic heterocycles. The monoisotopic (exact) mass is 230 g/mol. The van der Waals surface area contributed by atoms with E-state index in [1.807, 2.05) is 6.92 Å². The van der Waals surface area contributed by atoms with Crippen molar-refractivity contribution in [3.8, 4) is 0 Å². The second-order valence-corrected chi connectivity index (χ2v) is 4.23. The van der Waals surface area contributed by atoms with Crippen molar-refractivity contribution in [3.63, 3.8) is 0 Å². The van der Waals surface area contributed by atoms with E-state index in [1.165, 1.54) is 0 Å². The van der Waals surface area contributed by atoms with Crippen LogP contribution in [0.3, 0.4) is 0 Å². The van der Waals surface area contributed by atoms with Crippen molar-refractivity contribution < 1.29 is 16.8 Å². The van der Waals surface area contributed by atoms with E-state index < -0.39 is 10.4 Å². The third kappa shape index (κ3) is 6.84. The van der Waals surface area contributed by atoms with Crippen LogP contribution in [0.15, 0.2) is 0 Å². The molecule has 0 unspecified atom stereocenters. The molecule has 0 radical (unpaired) electrons. The molecular weight excluding hydrogens is 220 g/mol. The summed E-state index contributed by atoms with van der Waals surface area (Å²) in [6.07, 6.45) is 1.50.